The average molecular weight is 313 g/mol. The molecule has 0 saturated heterocycles. The van der Waals surface area contributed by atoms with Gasteiger partial charge in [0, 0.05) is 11.3 Å². The number of fused-ring (bicyclic) bond motifs is 1. The van der Waals surface area contributed by atoms with E-state index in [4.69, 9.17) is 0 Å². The third kappa shape index (κ3) is 2.67. The van der Waals surface area contributed by atoms with Crippen molar-refractivity contribution >= 4 is 11.0 Å². The molecule has 120 valence electrons. The monoisotopic (exact) mass is 313 g/mol. The van der Waals surface area contributed by atoms with Crippen molar-refractivity contribution in [3.8, 4) is 11.5 Å². The quantitative estimate of drug-likeness (QED) is 0.646. The van der Waals surface area contributed by atoms with E-state index in [2.05, 4.69) is 16.9 Å². The number of aromatic hydroxyl groups is 2. The zero-order valence-electron chi connectivity index (χ0n) is 13.1. The number of aromatic nitrogens is 3. The van der Waals surface area contributed by atoms with Crippen molar-refractivity contribution < 1.29 is 10.2 Å². The average Bonchev–Trinajstić information content (AvgIpc) is 2.84. The van der Waals surface area contributed by atoms with E-state index in [1.165, 1.54) is 18.2 Å². The van der Waals surface area contributed by atoms with E-state index in [1.807, 2.05) is 13.0 Å². The van der Waals surface area contributed by atoms with Gasteiger partial charge in [0.25, 0.3) is 0 Å². The van der Waals surface area contributed by atoms with Crippen LogP contribution in [0.4, 0.5) is 0 Å². The summed E-state index contributed by atoms with van der Waals surface area (Å²) in [6.45, 7) is 3.88. The third-order valence-electron chi connectivity index (χ3n) is 4.01. The number of nitrogens with one attached hydrogen (secondary N) is 1. The predicted molar refractivity (Wildman–Crippen MR) is 87.9 cm³/mol. The SMILES string of the molecule is CCCc1cc2c(cn1)[nH]c(=O)n2C(C)c1cc(O)ccc1O. The molecule has 0 aliphatic carbocycles. The fourth-order valence-corrected chi connectivity index (χ4v) is 2.86. The van der Waals surface area contributed by atoms with Gasteiger partial charge >= 0.3 is 5.69 Å². The van der Waals surface area contributed by atoms with Gasteiger partial charge in [-0.1, -0.05) is 13.3 Å². The molecule has 0 radical (unpaired) electrons. The predicted octanol–water partition coefficient (Wildman–Crippen LogP) is 2.70. The van der Waals surface area contributed by atoms with Crippen LogP contribution in [0.15, 0.2) is 35.3 Å². The van der Waals surface area contributed by atoms with Crippen molar-refractivity contribution in [3.05, 3.63) is 52.2 Å². The molecule has 2 heterocycles. The Labute approximate surface area is 133 Å². The summed E-state index contributed by atoms with van der Waals surface area (Å²) in [6.07, 6.45) is 3.46. The summed E-state index contributed by atoms with van der Waals surface area (Å²) in [5, 5.41) is 19.7. The van der Waals surface area contributed by atoms with E-state index in [-0.39, 0.29) is 17.2 Å². The summed E-state index contributed by atoms with van der Waals surface area (Å²) in [7, 11) is 0. The molecular formula is C17H19N3O3. The highest BCUT2D eigenvalue weighted by Crippen LogP contribution is 2.31. The van der Waals surface area contributed by atoms with Crippen molar-refractivity contribution in [1.29, 1.82) is 0 Å². The first-order valence-electron chi connectivity index (χ1n) is 7.62. The molecule has 1 unspecified atom stereocenters. The van der Waals surface area contributed by atoms with Gasteiger partial charge in [0.2, 0.25) is 0 Å². The van der Waals surface area contributed by atoms with Gasteiger partial charge in [0.05, 0.1) is 23.3 Å². The third-order valence-corrected chi connectivity index (χ3v) is 4.01. The number of H-pyrrole nitrogens is 1. The number of phenols is 2. The Morgan fingerprint density at radius 3 is 2.83 bits per heavy atom. The molecule has 1 atom stereocenters. The molecule has 0 aliphatic heterocycles. The first-order valence-corrected chi connectivity index (χ1v) is 7.62. The summed E-state index contributed by atoms with van der Waals surface area (Å²) in [4.78, 5) is 19.5. The van der Waals surface area contributed by atoms with Gasteiger partial charge in [-0.15, -0.1) is 0 Å². The zero-order valence-corrected chi connectivity index (χ0v) is 13.1. The molecule has 0 amide bonds. The van der Waals surface area contributed by atoms with Crippen LogP contribution in [-0.2, 0) is 6.42 Å². The number of aryl methyl sites for hydroxylation is 1. The summed E-state index contributed by atoms with van der Waals surface area (Å²) in [5.41, 5.74) is 2.53. The number of benzene rings is 1. The summed E-state index contributed by atoms with van der Waals surface area (Å²) >= 11 is 0. The van der Waals surface area contributed by atoms with Gasteiger partial charge in [-0.2, -0.15) is 0 Å². The molecule has 3 N–H and O–H groups in total. The van der Waals surface area contributed by atoms with Crippen LogP contribution in [0, 0.1) is 0 Å². The van der Waals surface area contributed by atoms with Crippen molar-refractivity contribution in [2.75, 3.05) is 0 Å². The zero-order chi connectivity index (χ0) is 16.6. The minimum absolute atomic E-state index is 0.0411. The molecule has 6 nitrogen and oxygen atoms in total. The van der Waals surface area contributed by atoms with Gasteiger partial charge in [0.1, 0.15) is 11.5 Å². The summed E-state index contributed by atoms with van der Waals surface area (Å²) in [6, 6.07) is 5.77. The lowest BCUT2D eigenvalue weighted by Crippen LogP contribution is -2.21. The van der Waals surface area contributed by atoms with Crippen molar-refractivity contribution in [1.82, 2.24) is 14.5 Å². The van der Waals surface area contributed by atoms with E-state index in [0.717, 1.165) is 24.1 Å². The van der Waals surface area contributed by atoms with Crippen LogP contribution in [0.2, 0.25) is 0 Å². The number of pyridine rings is 1. The summed E-state index contributed by atoms with van der Waals surface area (Å²) in [5.74, 6) is 0.0882. The van der Waals surface area contributed by atoms with Crippen LogP contribution in [-0.4, -0.2) is 24.7 Å². The van der Waals surface area contributed by atoms with E-state index in [9.17, 15) is 15.0 Å². The first-order chi connectivity index (χ1) is 11.0. The smallest absolute Gasteiger partial charge is 0.327 e. The van der Waals surface area contributed by atoms with Crippen molar-refractivity contribution in [3.63, 3.8) is 0 Å². The minimum atomic E-state index is -0.430. The Morgan fingerprint density at radius 2 is 2.09 bits per heavy atom. The van der Waals surface area contributed by atoms with E-state index in [0.29, 0.717) is 11.1 Å². The highest BCUT2D eigenvalue weighted by atomic mass is 16.3. The van der Waals surface area contributed by atoms with Gasteiger partial charge in [-0.3, -0.25) is 9.55 Å². The molecule has 0 saturated carbocycles. The molecule has 2 aromatic heterocycles. The van der Waals surface area contributed by atoms with E-state index < -0.39 is 6.04 Å². The van der Waals surface area contributed by atoms with Crippen LogP contribution in [0.5, 0.6) is 11.5 Å². The van der Waals surface area contributed by atoms with Crippen molar-refractivity contribution in [2.24, 2.45) is 0 Å². The van der Waals surface area contributed by atoms with Crippen LogP contribution < -0.4 is 5.69 Å². The first kappa shape index (κ1) is 15.1. The normalized spacial score (nSPS) is 12.6. The van der Waals surface area contributed by atoms with Crippen molar-refractivity contribution in [2.45, 2.75) is 32.7 Å². The summed E-state index contributed by atoms with van der Waals surface area (Å²) < 4.78 is 1.57. The number of rotatable bonds is 4. The Balaban J connectivity index is 2.18. The minimum Gasteiger partial charge on any atom is -0.508 e. The van der Waals surface area contributed by atoms with E-state index in [1.54, 1.807) is 10.8 Å². The Kier molecular flexibility index (Phi) is 3.82. The van der Waals surface area contributed by atoms with E-state index >= 15 is 0 Å². The lowest BCUT2D eigenvalue weighted by molar-refractivity contribution is 0.444. The second-order valence-corrected chi connectivity index (χ2v) is 5.66. The standard InChI is InChI=1S/C17H19N3O3/c1-3-4-11-7-15-14(9-18-11)19-17(23)20(15)10(2)13-8-12(21)5-6-16(13)22/h5-10,21-22H,3-4H2,1-2H3,(H,19,23). The van der Waals surface area contributed by atoms with Gasteiger partial charge in [0.15, 0.2) is 0 Å². The second-order valence-electron chi connectivity index (χ2n) is 5.66. The molecule has 23 heavy (non-hydrogen) atoms. The number of aromatic amines is 1. The number of hydrogen-bond acceptors (Lipinski definition) is 4. The maximum Gasteiger partial charge on any atom is 0.327 e. The Morgan fingerprint density at radius 1 is 1.30 bits per heavy atom. The Bertz CT molecular complexity index is 911. The highest BCUT2D eigenvalue weighted by Gasteiger charge is 2.18. The number of phenolic OH excluding ortho intramolecular Hbond substituents is 2. The number of imidazole rings is 1. The lowest BCUT2D eigenvalue weighted by Gasteiger charge is -2.16. The van der Waals surface area contributed by atoms with Crippen LogP contribution in [0.1, 0.15) is 37.6 Å². The molecular weight excluding hydrogens is 294 g/mol. The second kappa shape index (κ2) is 5.79. The molecule has 3 aromatic rings. The largest absolute Gasteiger partial charge is 0.508 e. The highest BCUT2D eigenvalue weighted by molar-refractivity contribution is 5.75. The van der Waals surface area contributed by atoms with Crippen LogP contribution in [0.25, 0.3) is 11.0 Å². The maximum absolute atomic E-state index is 12.4. The maximum atomic E-state index is 12.4. The molecule has 6 heteroatoms. The molecule has 0 aliphatic rings. The van der Waals surface area contributed by atoms with Gasteiger partial charge in [-0.25, -0.2) is 4.79 Å². The molecule has 0 spiro atoms. The lowest BCUT2D eigenvalue weighted by atomic mass is 10.1. The molecule has 0 bridgehead atoms. The van der Waals surface area contributed by atoms with Crippen LogP contribution in [0.3, 0.4) is 0 Å². The van der Waals surface area contributed by atoms with Crippen LogP contribution >= 0.6 is 0 Å². The number of hydrogen-bond donors (Lipinski definition) is 3. The fraction of sp³-hybridized carbons (Fsp3) is 0.294. The topological polar surface area (TPSA) is 91.1 Å². The Hall–Kier alpha value is -2.76. The van der Waals surface area contributed by atoms with Gasteiger partial charge in [-0.05, 0) is 37.6 Å². The van der Waals surface area contributed by atoms with Gasteiger partial charge < -0.3 is 15.2 Å². The molecule has 3 rings (SSSR count). The molecule has 0 fully saturated rings. The number of nitrogens with zero attached hydrogens (tertiary/aromatic N) is 2. The fourth-order valence-electron chi connectivity index (χ4n) is 2.86. The molecule has 1 aromatic carbocycles.